The van der Waals surface area contributed by atoms with E-state index in [1.54, 1.807) is 24.7 Å². The minimum atomic E-state index is -0.310. The highest BCUT2D eigenvalue weighted by Gasteiger charge is 2.27. The topological polar surface area (TPSA) is 89.1 Å². The van der Waals surface area contributed by atoms with Crippen molar-refractivity contribution in [2.24, 2.45) is 5.92 Å². The first-order chi connectivity index (χ1) is 16.7. The van der Waals surface area contributed by atoms with E-state index in [0.717, 1.165) is 30.6 Å². The van der Waals surface area contributed by atoms with E-state index >= 15 is 0 Å². The summed E-state index contributed by atoms with van der Waals surface area (Å²) >= 11 is 0. The van der Waals surface area contributed by atoms with Crippen LogP contribution >= 0.6 is 0 Å². The molecule has 2 aromatic carbocycles. The van der Waals surface area contributed by atoms with Crippen LogP contribution in [0.15, 0.2) is 71.8 Å². The molecule has 174 valence electrons. The van der Waals surface area contributed by atoms with Gasteiger partial charge in [-0.05, 0) is 55.3 Å². The van der Waals surface area contributed by atoms with Gasteiger partial charge in [-0.1, -0.05) is 23.4 Å². The molecule has 1 N–H and O–H groups in total. The van der Waals surface area contributed by atoms with Gasteiger partial charge in [0, 0.05) is 31.0 Å². The molecule has 1 aliphatic heterocycles. The van der Waals surface area contributed by atoms with Gasteiger partial charge in [-0.15, -0.1) is 0 Å². The zero-order chi connectivity index (χ0) is 23.3. The molecule has 5 rings (SSSR count). The van der Waals surface area contributed by atoms with Crippen LogP contribution in [0.2, 0.25) is 0 Å². The fraction of sp³-hybridized carbons (Fsp3) is 0.280. The number of aromatic nitrogens is 4. The van der Waals surface area contributed by atoms with Crippen molar-refractivity contribution < 1.29 is 13.7 Å². The molecule has 1 aliphatic rings. The Bertz CT molecular complexity index is 1240. The number of rotatable bonds is 7. The molecule has 1 atom stereocenters. The number of nitrogens with zero attached hydrogens (tertiary/aromatic N) is 5. The summed E-state index contributed by atoms with van der Waals surface area (Å²) in [5.74, 6) is 0.541. The zero-order valence-electron chi connectivity index (χ0n) is 18.6. The van der Waals surface area contributed by atoms with Crippen molar-refractivity contribution in [2.75, 3.05) is 13.1 Å². The first-order valence-corrected chi connectivity index (χ1v) is 11.3. The molecule has 2 aromatic heterocycles. The average Bonchev–Trinajstić information content (AvgIpc) is 3.56. The quantitative estimate of drug-likeness (QED) is 0.453. The maximum Gasteiger partial charge on any atom is 0.241 e. The van der Waals surface area contributed by atoms with E-state index in [0.29, 0.717) is 36.9 Å². The number of halogens is 1. The van der Waals surface area contributed by atoms with Gasteiger partial charge in [0.2, 0.25) is 17.6 Å². The smallest absolute Gasteiger partial charge is 0.241 e. The van der Waals surface area contributed by atoms with Crippen LogP contribution in [-0.4, -0.2) is 43.6 Å². The lowest BCUT2D eigenvalue weighted by atomic mass is 9.97. The number of amides is 1. The van der Waals surface area contributed by atoms with Gasteiger partial charge in [0.1, 0.15) is 5.82 Å². The van der Waals surface area contributed by atoms with Crippen LogP contribution in [0.25, 0.3) is 17.1 Å². The molecule has 3 heterocycles. The third kappa shape index (κ3) is 5.04. The molecule has 0 aliphatic carbocycles. The Morgan fingerprint density at radius 1 is 1.18 bits per heavy atom. The molecular weight excluding hydrogens is 435 g/mol. The Balaban J connectivity index is 1.18. The number of carbonyl (C=O) groups is 1. The summed E-state index contributed by atoms with van der Waals surface area (Å²) in [6.45, 7) is 2.42. The van der Waals surface area contributed by atoms with Gasteiger partial charge in [-0.2, -0.15) is 4.98 Å². The maximum absolute atomic E-state index is 13.1. The Morgan fingerprint density at radius 3 is 2.85 bits per heavy atom. The zero-order valence-corrected chi connectivity index (χ0v) is 18.6. The Hall–Kier alpha value is -3.85. The van der Waals surface area contributed by atoms with Gasteiger partial charge in [0.15, 0.2) is 0 Å². The summed E-state index contributed by atoms with van der Waals surface area (Å²) in [6, 6.07) is 13.9. The van der Waals surface area contributed by atoms with Gasteiger partial charge in [-0.25, -0.2) is 9.37 Å². The third-order valence-corrected chi connectivity index (χ3v) is 6.03. The van der Waals surface area contributed by atoms with E-state index in [-0.39, 0.29) is 17.6 Å². The van der Waals surface area contributed by atoms with Crippen LogP contribution in [0.5, 0.6) is 0 Å². The second kappa shape index (κ2) is 9.96. The van der Waals surface area contributed by atoms with Crippen molar-refractivity contribution >= 4 is 5.91 Å². The molecule has 1 saturated heterocycles. The molecular formula is C25H25FN6O2. The Kier molecular flexibility index (Phi) is 6.44. The van der Waals surface area contributed by atoms with Crippen molar-refractivity contribution in [1.82, 2.24) is 29.9 Å². The van der Waals surface area contributed by atoms with Crippen LogP contribution in [-0.2, 0) is 17.9 Å². The molecule has 8 nitrogen and oxygen atoms in total. The number of imidazole rings is 1. The van der Waals surface area contributed by atoms with Crippen LogP contribution in [0.3, 0.4) is 0 Å². The van der Waals surface area contributed by atoms with Crippen LogP contribution < -0.4 is 5.32 Å². The van der Waals surface area contributed by atoms with Gasteiger partial charge in [0.05, 0.1) is 24.5 Å². The lowest BCUT2D eigenvalue weighted by Gasteiger charge is -2.30. The van der Waals surface area contributed by atoms with Crippen LogP contribution in [0.1, 0.15) is 24.3 Å². The summed E-state index contributed by atoms with van der Waals surface area (Å²) in [5.41, 5.74) is 2.72. The summed E-state index contributed by atoms with van der Waals surface area (Å²) in [7, 11) is 0. The molecule has 9 heteroatoms. The number of nitrogens with one attached hydrogen (secondary N) is 1. The van der Waals surface area contributed by atoms with E-state index in [1.165, 1.54) is 12.1 Å². The number of carbonyl (C=O) groups excluding carboxylic acids is 1. The van der Waals surface area contributed by atoms with Crippen molar-refractivity contribution in [2.45, 2.75) is 25.9 Å². The number of piperidine rings is 1. The molecule has 1 amide bonds. The van der Waals surface area contributed by atoms with E-state index in [4.69, 9.17) is 4.52 Å². The molecule has 4 aromatic rings. The van der Waals surface area contributed by atoms with Gasteiger partial charge in [0.25, 0.3) is 0 Å². The minimum absolute atomic E-state index is 0.0441. The van der Waals surface area contributed by atoms with Crippen molar-refractivity contribution in [1.29, 1.82) is 0 Å². The van der Waals surface area contributed by atoms with E-state index < -0.39 is 0 Å². The lowest BCUT2D eigenvalue weighted by molar-refractivity contribution is -0.127. The fourth-order valence-electron chi connectivity index (χ4n) is 4.28. The number of para-hydroxylation sites is 1. The highest BCUT2D eigenvalue weighted by atomic mass is 19.1. The van der Waals surface area contributed by atoms with Crippen molar-refractivity contribution in [3.63, 3.8) is 0 Å². The average molecular weight is 461 g/mol. The van der Waals surface area contributed by atoms with Crippen LogP contribution in [0.4, 0.5) is 4.39 Å². The molecule has 0 bridgehead atoms. The monoisotopic (exact) mass is 460 g/mol. The first-order valence-electron chi connectivity index (χ1n) is 11.3. The third-order valence-electron chi connectivity index (χ3n) is 6.03. The van der Waals surface area contributed by atoms with Crippen LogP contribution in [0, 0.1) is 11.7 Å². The summed E-state index contributed by atoms with van der Waals surface area (Å²) in [5, 5.41) is 7.11. The molecule has 34 heavy (non-hydrogen) atoms. The second-order valence-electron chi connectivity index (χ2n) is 8.41. The highest BCUT2D eigenvalue weighted by molar-refractivity contribution is 5.79. The minimum Gasteiger partial charge on any atom is -0.352 e. The van der Waals surface area contributed by atoms with E-state index in [1.807, 2.05) is 35.0 Å². The second-order valence-corrected chi connectivity index (χ2v) is 8.41. The van der Waals surface area contributed by atoms with E-state index in [9.17, 15) is 9.18 Å². The van der Waals surface area contributed by atoms with Crippen molar-refractivity contribution in [3.8, 4) is 17.1 Å². The molecule has 0 spiro atoms. The summed E-state index contributed by atoms with van der Waals surface area (Å²) in [6.07, 6.45) is 7.13. The Morgan fingerprint density at radius 2 is 2.03 bits per heavy atom. The normalized spacial score (nSPS) is 16.4. The van der Waals surface area contributed by atoms with Gasteiger partial charge < -0.3 is 14.4 Å². The number of hydrogen-bond donors (Lipinski definition) is 1. The van der Waals surface area contributed by atoms with Gasteiger partial charge >= 0.3 is 0 Å². The summed E-state index contributed by atoms with van der Waals surface area (Å²) < 4.78 is 20.5. The number of benzene rings is 2. The van der Waals surface area contributed by atoms with Gasteiger partial charge in [-0.3, -0.25) is 9.69 Å². The maximum atomic E-state index is 13.1. The summed E-state index contributed by atoms with van der Waals surface area (Å²) in [4.78, 5) is 23.7. The standard InChI is InChI=1S/C25H25FN6O2/c26-21-9-7-18(8-10-21)24-29-23(34-30-24)16-31-12-3-5-20(15-31)25(33)28-14-19-4-1-2-6-22(19)32-13-11-27-17-32/h1-2,4,6-11,13,17,20H,3,5,12,14-16H2,(H,28,33). The lowest BCUT2D eigenvalue weighted by Crippen LogP contribution is -2.42. The number of hydrogen-bond acceptors (Lipinski definition) is 6. The predicted octanol–water partition coefficient (Wildman–Crippen LogP) is 3.59. The SMILES string of the molecule is O=C(NCc1ccccc1-n1ccnc1)C1CCCN(Cc2nc(-c3ccc(F)cc3)no2)C1. The van der Waals surface area contributed by atoms with Crippen molar-refractivity contribution in [3.05, 3.63) is 84.5 Å². The molecule has 1 fully saturated rings. The fourth-order valence-corrected chi connectivity index (χ4v) is 4.28. The molecule has 0 saturated carbocycles. The molecule has 0 radical (unpaired) electrons. The highest BCUT2D eigenvalue weighted by Crippen LogP contribution is 2.21. The Labute approximate surface area is 196 Å². The largest absolute Gasteiger partial charge is 0.352 e. The first kappa shape index (κ1) is 22.0. The predicted molar refractivity (Wildman–Crippen MR) is 123 cm³/mol. The van der Waals surface area contributed by atoms with E-state index in [2.05, 4.69) is 25.3 Å². The molecule has 1 unspecified atom stereocenters. The number of likely N-dealkylation sites (tertiary alicyclic amines) is 1.